The van der Waals surface area contributed by atoms with Crippen molar-refractivity contribution in [2.45, 2.75) is 20.0 Å². The molecule has 0 atom stereocenters. The van der Waals surface area contributed by atoms with Gasteiger partial charge in [0, 0.05) is 16.1 Å². The van der Waals surface area contributed by atoms with Gasteiger partial charge in [-0.2, -0.15) is 0 Å². The van der Waals surface area contributed by atoms with Crippen molar-refractivity contribution < 1.29 is 14.3 Å². The van der Waals surface area contributed by atoms with E-state index in [1.165, 1.54) is 0 Å². The van der Waals surface area contributed by atoms with Crippen LogP contribution in [0.2, 0.25) is 5.02 Å². The lowest BCUT2D eigenvalue weighted by Gasteiger charge is -2.12. The number of hydrogen-bond donors (Lipinski definition) is 2. The van der Waals surface area contributed by atoms with Crippen molar-refractivity contribution in [2.75, 3.05) is 0 Å². The average Bonchev–Trinajstić information content (AvgIpc) is 2.54. The van der Waals surface area contributed by atoms with Crippen LogP contribution in [0.5, 0.6) is 5.75 Å². The lowest BCUT2D eigenvalue weighted by Crippen LogP contribution is -2.41. The Kier molecular flexibility index (Phi) is 6.23. The van der Waals surface area contributed by atoms with Gasteiger partial charge in [-0.05, 0) is 72.2 Å². The number of hydrogen-bond acceptors (Lipinski definition) is 3. The summed E-state index contributed by atoms with van der Waals surface area (Å²) in [4.78, 5) is 24.0. The van der Waals surface area contributed by atoms with E-state index < -0.39 is 11.8 Å². The molecule has 2 N–H and O–H groups in total. The van der Waals surface area contributed by atoms with Crippen LogP contribution < -0.4 is 15.6 Å². The Hall–Kier alpha value is -2.05. The summed E-state index contributed by atoms with van der Waals surface area (Å²) >= 11 is 9.13. The van der Waals surface area contributed by atoms with E-state index in [-0.39, 0.29) is 6.10 Å². The molecule has 2 amide bonds. The van der Waals surface area contributed by atoms with Crippen LogP contribution in [0.25, 0.3) is 0 Å². The van der Waals surface area contributed by atoms with Crippen LogP contribution in [0.1, 0.15) is 34.6 Å². The number of ether oxygens (including phenoxy) is 1. The first-order valence-corrected chi connectivity index (χ1v) is 8.36. The maximum Gasteiger partial charge on any atom is 0.269 e. The molecule has 0 heterocycles. The van der Waals surface area contributed by atoms with Gasteiger partial charge in [-0.15, -0.1) is 0 Å². The number of carbonyl (C=O) groups excluding carboxylic acids is 2. The fourth-order valence-corrected chi connectivity index (χ4v) is 2.45. The molecule has 5 nitrogen and oxygen atoms in total. The molecule has 0 bridgehead atoms. The van der Waals surface area contributed by atoms with E-state index in [1.54, 1.807) is 42.5 Å². The summed E-state index contributed by atoms with van der Waals surface area (Å²) in [7, 11) is 0. The number of amides is 2. The molecule has 0 aromatic heterocycles. The standard InChI is InChI=1S/C17H16BrClN2O3/c1-10(2)24-15-8-5-12(9-14(15)18)17(23)21-20-16(22)11-3-6-13(19)7-4-11/h3-10H,1-2H3,(H,20,22)(H,21,23). The quantitative estimate of drug-likeness (QED) is 0.748. The number of carbonyl (C=O) groups is 2. The molecule has 0 saturated carbocycles. The Morgan fingerprint density at radius 2 is 1.54 bits per heavy atom. The zero-order valence-corrected chi connectivity index (χ0v) is 15.4. The highest BCUT2D eigenvalue weighted by atomic mass is 79.9. The van der Waals surface area contributed by atoms with E-state index in [0.29, 0.717) is 26.4 Å². The Bertz CT molecular complexity index is 748. The van der Waals surface area contributed by atoms with Gasteiger partial charge in [-0.3, -0.25) is 20.4 Å². The van der Waals surface area contributed by atoms with Crippen molar-refractivity contribution in [1.82, 2.24) is 10.9 Å². The van der Waals surface area contributed by atoms with Crippen LogP contribution in [-0.2, 0) is 0 Å². The molecule has 2 rings (SSSR count). The topological polar surface area (TPSA) is 67.4 Å². The minimum atomic E-state index is -0.436. The normalized spacial score (nSPS) is 10.4. The van der Waals surface area contributed by atoms with Gasteiger partial charge in [0.2, 0.25) is 0 Å². The molecule has 2 aromatic carbocycles. The summed E-state index contributed by atoms with van der Waals surface area (Å²) in [6, 6.07) is 11.3. The molecule has 0 unspecified atom stereocenters. The smallest absolute Gasteiger partial charge is 0.269 e. The molecule has 0 saturated heterocycles. The third kappa shape index (κ3) is 4.97. The summed E-state index contributed by atoms with van der Waals surface area (Å²) in [5.41, 5.74) is 5.50. The van der Waals surface area contributed by atoms with Gasteiger partial charge in [0.15, 0.2) is 0 Å². The summed E-state index contributed by atoms with van der Waals surface area (Å²) in [6.45, 7) is 3.83. The second-order valence-corrected chi connectivity index (χ2v) is 6.52. The molecule has 2 aromatic rings. The van der Waals surface area contributed by atoms with E-state index >= 15 is 0 Å². The van der Waals surface area contributed by atoms with Crippen molar-refractivity contribution in [3.05, 3.63) is 63.1 Å². The second-order valence-electron chi connectivity index (χ2n) is 5.23. The summed E-state index contributed by atoms with van der Waals surface area (Å²) < 4.78 is 6.25. The predicted octanol–water partition coefficient (Wildman–Crippen LogP) is 3.96. The molecular weight excluding hydrogens is 396 g/mol. The first-order chi connectivity index (χ1) is 11.4. The number of benzene rings is 2. The van der Waals surface area contributed by atoms with Gasteiger partial charge >= 0.3 is 0 Å². The lowest BCUT2D eigenvalue weighted by molar-refractivity contribution is 0.0846. The number of hydrazine groups is 1. The lowest BCUT2D eigenvalue weighted by atomic mass is 10.2. The highest BCUT2D eigenvalue weighted by molar-refractivity contribution is 9.10. The molecule has 0 aliphatic heterocycles. The maximum atomic E-state index is 12.1. The molecule has 7 heteroatoms. The van der Waals surface area contributed by atoms with Crippen molar-refractivity contribution in [2.24, 2.45) is 0 Å². The Morgan fingerprint density at radius 3 is 2.08 bits per heavy atom. The van der Waals surface area contributed by atoms with E-state index in [9.17, 15) is 9.59 Å². The number of nitrogens with one attached hydrogen (secondary N) is 2. The number of halogens is 2. The zero-order chi connectivity index (χ0) is 17.7. The third-order valence-electron chi connectivity index (χ3n) is 2.95. The SMILES string of the molecule is CC(C)Oc1ccc(C(=O)NNC(=O)c2ccc(Cl)cc2)cc1Br. The van der Waals surface area contributed by atoms with Crippen LogP contribution in [0.4, 0.5) is 0 Å². The molecule has 126 valence electrons. The van der Waals surface area contributed by atoms with Gasteiger partial charge in [-0.1, -0.05) is 11.6 Å². The molecule has 0 aliphatic carbocycles. The average molecular weight is 412 g/mol. The monoisotopic (exact) mass is 410 g/mol. The maximum absolute atomic E-state index is 12.1. The van der Waals surface area contributed by atoms with Crippen molar-refractivity contribution in [1.29, 1.82) is 0 Å². The largest absolute Gasteiger partial charge is 0.490 e. The minimum absolute atomic E-state index is 0.0274. The fourth-order valence-electron chi connectivity index (χ4n) is 1.85. The highest BCUT2D eigenvalue weighted by Crippen LogP contribution is 2.26. The summed E-state index contributed by atoms with van der Waals surface area (Å²) in [5.74, 6) is -0.222. The molecule has 0 spiro atoms. The van der Waals surface area contributed by atoms with Crippen LogP contribution >= 0.6 is 27.5 Å². The van der Waals surface area contributed by atoms with Gasteiger partial charge in [-0.25, -0.2) is 0 Å². The Balaban J connectivity index is 1.98. The van der Waals surface area contributed by atoms with Crippen LogP contribution in [0.3, 0.4) is 0 Å². The van der Waals surface area contributed by atoms with Crippen molar-refractivity contribution >= 4 is 39.3 Å². The molecular formula is C17H16BrClN2O3. The van der Waals surface area contributed by atoms with E-state index in [4.69, 9.17) is 16.3 Å². The highest BCUT2D eigenvalue weighted by Gasteiger charge is 2.12. The van der Waals surface area contributed by atoms with Gasteiger partial charge in [0.05, 0.1) is 10.6 Å². The molecule has 0 radical (unpaired) electrons. The van der Waals surface area contributed by atoms with Gasteiger partial charge < -0.3 is 4.74 Å². The first kappa shape index (κ1) is 18.3. The summed E-state index contributed by atoms with van der Waals surface area (Å²) in [5, 5.41) is 0.532. The Morgan fingerprint density at radius 1 is 1.00 bits per heavy atom. The first-order valence-electron chi connectivity index (χ1n) is 7.19. The van der Waals surface area contributed by atoms with E-state index in [2.05, 4.69) is 26.8 Å². The van der Waals surface area contributed by atoms with Crippen molar-refractivity contribution in [3.8, 4) is 5.75 Å². The third-order valence-corrected chi connectivity index (χ3v) is 3.82. The summed E-state index contributed by atoms with van der Waals surface area (Å²) in [6.07, 6.45) is 0.0274. The van der Waals surface area contributed by atoms with Gasteiger partial charge in [0.25, 0.3) is 11.8 Å². The van der Waals surface area contributed by atoms with Crippen LogP contribution in [0, 0.1) is 0 Å². The van der Waals surface area contributed by atoms with E-state index in [0.717, 1.165) is 0 Å². The van der Waals surface area contributed by atoms with Crippen molar-refractivity contribution in [3.63, 3.8) is 0 Å². The number of rotatable bonds is 4. The zero-order valence-electron chi connectivity index (χ0n) is 13.1. The second kappa shape index (κ2) is 8.17. The van der Waals surface area contributed by atoms with E-state index in [1.807, 2.05) is 13.8 Å². The van der Waals surface area contributed by atoms with Gasteiger partial charge in [0.1, 0.15) is 5.75 Å². The van der Waals surface area contributed by atoms with Crippen LogP contribution in [-0.4, -0.2) is 17.9 Å². The fraction of sp³-hybridized carbons (Fsp3) is 0.176. The molecule has 0 fully saturated rings. The molecule has 24 heavy (non-hydrogen) atoms. The Labute approximate surface area is 153 Å². The predicted molar refractivity (Wildman–Crippen MR) is 96.3 cm³/mol. The van der Waals surface area contributed by atoms with Crippen LogP contribution in [0.15, 0.2) is 46.9 Å². The minimum Gasteiger partial charge on any atom is -0.490 e. The molecule has 0 aliphatic rings.